The van der Waals surface area contributed by atoms with Crippen LogP contribution in [0.5, 0.6) is 0 Å². The summed E-state index contributed by atoms with van der Waals surface area (Å²) in [5.74, 6) is 0. The third kappa shape index (κ3) is 6.47. The molecule has 0 unspecified atom stereocenters. The van der Waals surface area contributed by atoms with E-state index in [0.29, 0.717) is 0 Å². The van der Waals surface area contributed by atoms with Crippen molar-refractivity contribution in [3.05, 3.63) is 232 Å². The van der Waals surface area contributed by atoms with Gasteiger partial charge in [-0.15, -0.1) is 0 Å². The molecule has 332 valence electrons. The van der Waals surface area contributed by atoms with Crippen molar-refractivity contribution in [1.82, 2.24) is 13.7 Å². The van der Waals surface area contributed by atoms with Crippen LogP contribution < -0.4 is 0 Å². The summed E-state index contributed by atoms with van der Waals surface area (Å²) in [5.41, 5.74) is 21.8. The van der Waals surface area contributed by atoms with Crippen LogP contribution in [0.1, 0.15) is 77.8 Å². The van der Waals surface area contributed by atoms with Crippen LogP contribution in [0.4, 0.5) is 0 Å². The molecule has 0 aliphatic rings. The average Bonchev–Trinajstić information content (AvgIpc) is 3.96. The number of benzene rings is 9. The number of nitrogens with zero attached hydrogens (tertiary/aromatic N) is 3. The number of hydrogen-bond acceptors (Lipinski definition) is 0. The minimum absolute atomic E-state index is 0.300. The maximum atomic E-state index is 2.48. The lowest BCUT2D eigenvalue weighted by Gasteiger charge is -2.27. The molecule has 0 bridgehead atoms. The van der Waals surface area contributed by atoms with Crippen molar-refractivity contribution in [2.75, 3.05) is 0 Å². The molecule has 0 saturated heterocycles. The van der Waals surface area contributed by atoms with Gasteiger partial charge >= 0.3 is 0 Å². The number of fused-ring (bicyclic) bond motifs is 9. The molecule has 0 spiro atoms. The summed E-state index contributed by atoms with van der Waals surface area (Å²) >= 11 is 0. The molecule has 3 nitrogen and oxygen atoms in total. The average molecular weight is 880 g/mol. The van der Waals surface area contributed by atoms with Gasteiger partial charge in [-0.25, -0.2) is 0 Å². The molecule has 0 amide bonds. The first-order valence-corrected chi connectivity index (χ1v) is 24.2. The fraction of sp³-hybridized carbons (Fsp3) is 0.169. The van der Waals surface area contributed by atoms with Crippen LogP contribution in [0.2, 0.25) is 0 Å². The van der Waals surface area contributed by atoms with E-state index in [1.165, 1.54) is 133 Å². The number of aromatic nitrogens is 3. The molecule has 0 aliphatic heterocycles. The maximum absolute atomic E-state index is 2.48. The summed E-state index contributed by atoms with van der Waals surface area (Å²) in [4.78, 5) is 0. The summed E-state index contributed by atoms with van der Waals surface area (Å²) in [5, 5.41) is 7.66. The van der Waals surface area contributed by atoms with Crippen molar-refractivity contribution in [3.8, 4) is 17.1 Å². The van der Waals surface area contributed by atoms with Gasteiger partial charge in [0.05, 0.1) is 33.1 Å². The van der Waals surface area contributed by atoms with Crippen molar-refractivity contribution < 1.29 is 0 Å². The highest BCUT2D eigenvalue weighted by Crippen LogP contribution is 2.44. The van der Waals surface area contributed by atoms with Gasteiger partial charge in [-0.05, 0) is 154 Å². The van der Waals surface area contributed by atoms with Crippen molar-refractivity contribution in [1.29, 1.82) is 0 Å². The number of rotatable bonds is 7. The Kier molecular flexibility index (Phi) is 9.34. The van der Waals surface area contributed by atoms with Gasteiger partial charge in [0.2, 0.25) is 0 Å². The Morgan fingerprint density at radius 1 is 0.235 bits per heavy atom. The minimum Gasteiger partial charge on any atom is -0.309 e. The predicted molar refractivity (Wildman–Crippen MR) is 290 cm³/mol. The van der Waals surface area contributed by atoms with E-state index in [-0.39, 0.29) is 10.8 Å². The van der Waals surface area contributed by atoms with Crippen molar-refractivity contribution >= 4 is 65.4 Å². The van der Waals surface area contributed by atoms with E-state index in [1.807, 2.05) is 0 Å². The molecular formula is C65H57N3. The highest BCUT2D eigenvalue weighted by Gasteiger charge is 2.29. The van der Waals surface area contributed by atoms with Crippen LogP contribution in [0, 0.1) is 34.6 Å². The monoisotopic (exact) mass is 879 g/mol. The standard InChI is InChI=1S/C65H57N3/c1-40-10-22-49(23-11-40)66-60-32-20-45(64(6,7)47-18-28-52-54-34-43(4)16-30-58(54)67(62(52)38-47)50-24-12-41(2)13-25-50)36-56(60)57-37-46(21-33-61(57)66)65(8,9)48-19-29-53-55-35-44(5)17-31-59(55)68(63(53)39-48)51-26-14-42(3)15-27-51/h10-39H,1-9H3. The van der Waals surface area contributed by atoms with Crippen molar-refractivity contribution in [3.63, 3.8) is 0 Å². The Labute approximate surface area is 399 Å². The molecule has 0 radical (unpaired) electrons. The molecule has 3 aromatic heterocycles. The van der Waals surface area contributed by atoms with Gasteiger partial charge in [-0.3, -0.25) is 0 Å². The molecule has 9 aromatic carbocycles. The normalized spacial score (nSPS) is 12.5. The topological polar surface area (TPSA) is 14.8 Å². The Hall–Kier alpha value is -7.62. The van der Waals surface area contributed by atoms with E-state index < -0.39 is 0 Å². The third-order valence-electron chi connectivity index (χ3n) is 15.4. The SMILES string of the molecule is Cc1ccc(-n2c3ccc(C(C)(C)c4ccc5c6cc(C)ccc6n(-c6ccc(C)cc6)c5c4)cc3c3cc(C(C)(C)c4ccc5c6cc(C)ccc6n(-c6ccc(C)cc6)c5c4)ccc32)cc1. The highest BCUT2D eigenvalue weighted by atomic mass is 15.0. The molecule has 0 fully saturated rings. The zero-order chi connectivity index (χ0) is 46.8. The smallest absolute Gasteiger partial charge is 0.0544 e. The molecule has 3 heterocycles. The molecular weight excluding hydrogens is 823 g/mol. The van der Waals surface area contributed by atoms with E-state index in [9.17, 15) is 0 Å². The van der Waals surface area contributed by atoms with Crippen LogP contribution in [-0.2, 0) is 10.8 Å². The highest BCUT2D eigenvalue weighted by molar-refractivity contribution is 6.12. The molecule has 0 saturated carbocycles. The fourth-order valence-electron chi connectivity index (χ4n) is 11.1. The summed E-state index contributed by atoms with van der Waals surface area (Å²) in [6.07, 6.45) is 0. The van der Waals surface area contributed by atoms with E-state index >= 15 is 0 Å². The number of aryl methyl sites for hydroxylation is 5. The molecule has 12 aromatic rings. The van der Waals surface area contributed by atoms with E-state index in [0.717, 1.165) is 0 Å². The predicted octanol–water partition coefficient (Wildman–Crippen LogP) is 17.2. The van der Waals surface area contributed by atoms with E-state index in [2.05, 4.69) is 258 Å². The summed E-state index contributed by atoms with van der Waals surface area (Å²) < 4.78 is 7.36. The maximum Gasteiger partial charge on any atom is 0.0544 e. The summed E-state index contributed by atoms with van der Waals surface area (Å²) in [7, 11) is 0. The van der Waals surface area contributed by atoms with Gasteiger partial charge in [0.1, 0.15) is 0 Å². The summed E-state index contributed by atoms with van der Waals surface area (Å²) in [6, 6.07) is 69.3. The lowest BCUT2D eigenvalue weighted by molar-refractivity contribution is 0.642. The Bertz CT molecular complexity index is 3740. The summed E-state index contributed by atoms with van der Waals surface area (Å²) in [6.45, 7) is 20.4. The van der Waals surface area contributed by atoms with E-state index in [1.54, 1.807) is 0 Å². The zero-order valence-corrected chi connectivity index (χ0v) is 40.7. The van der Waals surface area contributed by atoms with Gasteiger partial charge in [0, 0.05) is 60.2 Å². The zero-order valence-electron chi connectivity index (χ0n) is 40.7. The second kappa shape index (κ2) is 15.2. The van der Waals surface area contributed by atoms with Crippen LogP contribution in [-0.4, -0.2) is 13.7 Å². The largest absolute Gasteiger partial charge is 0.309 e. The van der Waals surface area contributed by atoms with Gasteiger partial charge in [0.15, 0.2) is 0 Å². The van der Waals surface area contributed by atoms with Crippen LogP contribution in [0.3, 0.4) is 0 Å². The molecule has 0 atom stereocenters. The van der Waals surface area contributed by atoms with E-state index in [4.69, 9.17) is 0 Å². The van der Waals surface area contributed by atoms with Gasteiger partial charge in [0.25, 0.3) is 0 Å². The van der Waals surface area contributed by atoms with Crippen LogP contribution in [0.25, 0.3) is 82.5 Å². The second-order valence-electron chi connectivity index (χ2n) is 20.7. The molecule has 0 N–H and O–H groups in total. The lowest BCUT2D eigenvalue weighted by atomic mass is 9.76. The molecule has 0 aliphatic carbocycles. The molecule has 3 heteroatoms. The van der Waals surface area contributed by atoms with Crippen molar-refractivity contribution in [2.24, 2.45) is 0 Å². The Balaban J connectivity index is 1.03. The van der Waals surface area contributed by atoms with Crippen LogP contribution >= 0.6 is 0 Å². The van der Waals surface area contributed by atoms with Crippen molar-refractivity contribution in [2.45, 2.75) is 73.1 Å². The Morgan fingerprint density at radius 2 is 0.500 bits per heavy atom. The number of hydrogen-bond donors (Lipinski definition) is 0. The van der Waals surface area contributed by atoms with Gasteiger partial charge < -0.3 is 13.7 Å². The van der Waals surface area contributed by atoms with Crippen LogP contribution in [0.15, 0.2) is 182 Å². The van der Waals surface area contributed by atoms with Gasteiger partial charge in [-0.2, -0.15) is 0 Å². The first-order chi connectivity index (χ1) is 32.7. The fourth-order valence-corrected chi connectivity index (χ4v) is 11.1. The molecule has 68 heavy (non-hydrogen) atoms. The first-order valence-electron chi connectivity index (χ1n) is 24.2. The van der Waals surface area contributed by atoms with Gasteiger partial charge in [-0.1, -0.05) is 140 Å². The quantitative estimate of drug-likeness (QED) is 0.152. The third-order valence-corrected chi connectivity index (χ3v) is 15.4. The minimum atomic E-state index is -0.300. The lowest BCUT2D eigenvalue weighted by Crippen LogP contribution is -2.19. The second-order valence-corrected chi connectivity index (χ2v) is 20.7. The first kappa shape index (κ1) is 41.8. The Morgan fingerprint density at radius 3 is 0.853 bits per heavy atom. The molecule has 12 rings (SSSR count).